The van der Waals surface area contributed by atoms with Gasteiger partial charge in [0.25, 0.3) is 0 Å². The van der Waals surface area contributed by atoms with Crippen LogP contribution in [0.4, 0.5) is 0 Å². The van der Waals surface area contributed by atoms with Crippen LogP contribution in [0.1, 0.15) is 5.56 Å². The number of hydrogen-bond acceptors (Lipinski definition) is 5. The second-order valence-corrected chi connectivity index (χ2v) is 7.86. The highest BCUT2D eigenvalue weighted by molar-refractivity contribution is 8.35. The molecule has 2 aliphatic heterocycles. The summed E-state index contributed by atoms with van der Waals surface area (Å²) in [5, 5.41) is 10.9. The molecule has 2 aliphatic rings. The molecular weight excluding hydrogens is 280 g/mol. The van der Waals surface area contributed by atoms with Crippen LogP contribution < -0.4 is 0 Å². The molecule has 0 amide bonds. The quantitative estimate of drug-likeness (QED) is 0.658. The van der Waals surface area contributed by atoms with Gasteiger partial charge in [-0.25, -0.2) is 0 Å². The van der Waals surface area contributed by atoms with Crippen LogP contribution in [0.3, 0.4) is 0 Å². The summed E-state index contributed by atoms with van der Waals surface area (Å²) in [6, 6.07) is 2.19. The Labute approximate surface area is 110 Å². The molecule has 0 saturated heterocycles. The molecule has 15 heavy (non-hydrogen) atoms. The van der Waals surface area contributed by atoms with Crippen LogP contribution in [0.5, 0.6) is 0 Å². The van der Waals surface area contributed by atoms with Crippen LogP contribution in [0.25, 0.3) is 4.91 Å². The van der Waals surface area contributed by atoms with Crippen molar-refractivity contribution >= 4 is 63.3 Å². The Balaban J connectivity index is 1.80. The van der Waals surface area contributed by atoms with E-state index in [2.05, 4.69) is 33.1 Å². The van der Waals surface area contributed by atoms with Crippen molar-refractivity contribution in [1.82, 2.24) is 0 Å². The average Bonchev–Trinajstić information content (AvgIpc) is 3.02. The van der Waals surface area contributed by atoms with Gasteiger partial charge in [0.05, 0.1) is 8.47 Å². The summed E-state index contributed by atoms with van der Waals surface area (Å²) in [7, 11) is 0. The lowest BCUT2D eigenvalue weighted by Crippen LogP contribution is -1.69. The molecule has 1 aromatic heterocycles. The van der Waals surface area contributed by atoms with Gasteiger partial charge in [0.1, 0.15) is 0 Å². The van der Waals surface area contributed by atoms with Crippen LogP contribution in [0.2, 0.25) is 0 Å². The fourth-order valence-corrected chi connectivity index (χ4v) is 6.38. The molecular formula is C10H6S5. The largest absolute Gasteiger partial charge is 0.152 e. The van der Waals surface area contributed by atoms with Gasteiger partial charge in [-0.3, -0.25) is 0 Å². The van der Waals surface area contributed by atoms with Crippen LogP contribution >= 0.6 is 58.4 Å². The van der Waals surface area contributed by atoms with Gasteiger partial charge in [-0.05, 0) is 38.6 Å². The fraction of sp³-hybridized carbons (Fsp3) is 0. The van der Waals surface area contributed by atoms with E-state index in [-0.39, 0.29) is 0 Å². The summed E-state index contributed by atoms with van der Waals surface area (Å²) >= 11 is 9.16. The standard InChI is InChI=1S/C10H6S5/c1-2-11-5-7(1)8-6-14-10(15-8)9-12-3-4-13-9/h1-6H. The van der Waals surface area contributed by atoms with E-state index in [9.17, 15) is 0 Å². The molecule has 0 N–H and O–H groups in total. The van der Waals surface area contributed by atoms with Crippen molar-refractivity contribution in [3.05, 3.63) is 47.1 Å². The third-order valence-corrected chi connectivity index (χ3v) is 7.61. The summed E-state index contributed by atoms with van der Waals surface area (Å²) in [4.78, 5) is 1.39. The van der Waals surface area contributed by atoms with Crippen LogP contribution in [-0.2, 0) is 0 Å². The van der Waals surface area contributed by atoms with Crippen LogP contribution in [0, 0.1) is 0 Å². The van der Waals surface area contributed by atoms with Gasteiger partial charge >= 0.3 is 0 Å². The monoisotopic (exact) mass is 286 g/mol. The van der Waals surface area contributed by atoms with Gasteiger partial charge in [-0.2, -0.15) is 11.3 Å². The number of rotatable bonds is 1. The zero-order chi connectivity index (χ0) is 10.1. The number of thioether (sulfide) groups is 4. The summed E-state index contributed by atoms with van der Waals surface area (Å²) in [5.74, 6) is 0. The minimum Gasteiger partial charge on any atom is -0.152 e. The Morgan fingerprint density at radius 1 is 0.933 bits per heavy atom. The van der Waals surface area contributed by atoms with E-state index in [1.807, 2.05) is 47.0 Å². The third-order valence-electron chi connectivity index (χ3n) is 1.85. The zero-order valence-electron chi connectivity index (χ0n) is 7.51. The molecule has 76 valence electrons. The Morgan fingerprint density at radius 2 is 1.80 bits per heavy atom. The minimum atomic E-state index is 1.36. The highest BCUT2D eigenvalue weighted by Crippen LogP contribution is 2.55. The molecule has 1 aromatic rings. The van der Waals surface area contributed by atoms with Gasteiger partial charge in [-0.15, -0.1) is 0 Å². The summed E-state index contributed by atoms with van der Waals surface area (Å²) < 4.78 is 2.85. The first-order chi connectivity index (χ1) is 7.43. The van der Waals surface area contributed by atoms with E-state index in [1.165, 1.54) is 18.9 Å². The first kappa shape index (κ1) is 10.5. The first-order valence-corrected chi connectivity index (χ1v) is 8.63. The highest BCUT2D eigenvalue weighted by atomic mass is 32.2. The molecule has 0 fully saturated rings. The number of hydrogen-bond donors (Lipinski definition) is 0. The van der Waals surface area contributed by atoms with E-state index in [0.29, 0.717) is 0 Å². The molecule has 0 aromatic carbocycles. The van der Waals surface area contributed by atoms with Crippen molar-refractivity contribution in [1.29, 1.82) is 0 Å². The fourth-order valence-electron chi connectivity index (χ4n) is 1.18. The molecule has 5 heteroatoms. The van der Waals surface area contributed by atoms with E-state index in [0.717, 1.165) is 0 Å². The lowest BCUT2D eigenvalue weighted by Gasteiger charge is -2.00. The van der Waals surface area contributed by atoms with E-state index >= 15 is 0 Å². The molecule has 0 nitrogen and oxygen atoms in total. The Morgan fingerprint density at radius 3 is 2.53 bits per heavy atom. The Bertz CT molecular complexity index is 442. The maximum Gasteiger partial charge on any atom is 0.0700 e. The van der Waals surface area contributed by atoms with Gasteiger partial charge in [0, 0.05) is 4.91 Å². The molecule has 0 unspecified atom stereocenters. The molecule has 0 bridgehead atoms. The lowest BCUT2D eigenvalue weighted by atomic mass is 10.3. The topological polar surface area (TPSA) is 0 Å². The maximum atomic E-state index is 2.26. The van der Waals surface area contributed by atoms with Crippen molar-refractivity contribution < 1.29 is 0 Å². The molecule has 0 atom stereocenters. The lowest BCUT2D eigenvalue weighted by molar-refractivity contribution is 1.88. The minimum absolute atomic E-state index is 1.36. The molecule has 0 saturated carbocycles. The van der Waals surface area contributed by atoms with Gasteiger partial charge in [0.2, 0.25) is 0 Å². The Kier molecular flexibility index (Phi) is 3.26. The molecule has 3 heterocycles. The molecule has 3 rings (SSSR count). The second kappa shape index (κ2) is 4.67. The molecule has 0 aliphatic carbocycles. The predicted molar refractivity (Wildman–Crippen MR) is 78.8 cm³/mol. The highest BCUT2D eigenvalue weighted by Gasteiger charge is 2.19. The van der Waals surface area contributed by atoms with Crippen molar-refractivity contribution in [3.8, 4) is 0 Å². The Hall–Kier alpha value is 0.320. The average molecular weight is 286 g/mol. The second-order valence-electron chi connectivity index (χ2n) is 2.80. The molecule has 0 radical (unpaired) electrons. The van der Waals surface area contributed by atoms with Crippen molar-refractivity contribution in [2.45, 2.75) is 0 Å². The predicted octanol–water partition coefficient (Wildman–Crippen LogP) is 5.60. The van der Waals surface area contributed by atoms with E-state index < -0.39 is 0 Å². The van der Waals surface area contributed by atoms with Crippen LogP contribution in [0.15, 0.2) is 41.5 Å². The third kappa shape index (κ3) is 2.22. The van der Waals surface area contributed by atoms with Gasteiger partial charge in [0.15, 0.2) is 0 Å². The summed E-state index contributed by atoms with van der Waals surface area (Å²) in [6.07, 6.45) is 0. The molecule has 0 spiro atoms. The van der Waals surface area contributed by atoms with Crippen molar-refractivity contribution in [3.63, 3.8) is 0 Å². The smallest absolute Gasteiger partial charge is 0.0700 e. The van der Waals surface area contributed by atoms with E-state index in [4.69, 9.17) is 0 Å². The summed E-state index contributed by atoms with van der Waals surface area (Å²) in [6.45, 7) is 0. The van der Waals surface area contributed by atoms with Crippen molar-refractivity contribution in [2.24, 2.45) is 0 Å². The summed E-state index contributed by atoms with van der Waals surface area (Å²) in [5.41, 5.74) is 1.36. The van der Waals surface area contributed by atoms with Gasteiger partial charge < -0.3 is 0 Å². The first-order valence-electron chi connectivity index (χ1n) is 4.23. The SMILES string of the molecule is C1=CSC(=C2SC=C(c3ccsc3)S2)S1. The van der Waals surface area contributed by atoms with E-state index in [1.54, 1.807) is 11.3 Å². The van der Waals surface area contributed by atoms with Crippen molar-refractivity contribution in [2.75, 3.05) is 0 Å². The maximum absolute atomic E-state index is 2.26. The normalized spacial score (nSPS) is 20.1. The number of thiophene rings is 1. The van der Waals surface area contributed by atoms with Crippen LogP contribution in [-0.4, -0.2) is 0 Å². The van der Waals surface area contributed by atoms with Gasteiger partial charge in [-0.1, -0.05) is 47.0 Å². The zero-order valence-corrected chi connectivity index (χ0v) is 11.6.